The summed E-state index contributed by atoms with van der Waals surface area (Å²) >= 11 is 6.16. The van der Waals surface area contributed by atoms with Crippen molar-refractivity contribution in [2.24, 2.45) is 0 Å². The predicted octanol–water partition coefficient (Wildman–Crippen LogP) is 3.96. The number of rotatable bonds is 8. The molecule has 0 aliphatic carbocycles. The van der Waals surface area contributed by atoms with E-state index >= 15 is 0 Å². The van der Waals surface area contributed by atoms with Crippen LogP contribution in [-0.4, -0.2) is 24.9 Å². The summed E-state index contributed by atoms with van der Waals surface area (Å²) in [6.07, 6.45) is -0.546. The molecular weight excluding hydrogens is 326 g/mol. The summed E-state index contributed by atoms with van der Waals surface area (Å²) < 4.78 is 11.3. The van der Waals surface area contributed by atoms with Crippen molar-refractivity contribution in [3.8, 4) is 11.5 Å². The zero-order valence-corrected chi connectivity index (χ0v) is 15.0. The summed E-state index contributed by atoms with van der Waals surface area (Å²) in [6.45, 7) is 4.87. The van der Waals surface area contributed by atoms with Gasteiger partial charge in [-0.15, -0.1) is 0 Å². The SMILES string of the molecule is COc1cc(Cl)cc(CNCC(O)c2ccccc2)c1OC(C)C. The first-order chi connectivity index (χ1) is 11.5. The molecule has 2 aromatic carbocycles. The summed E-state index contributed by atoms with van der Waals surface area (Å²) in [5, 5.41) is 14.1. The summed E-state index contributed by atoms with van der Waals surface area (Å²) in [6, 6.07) is 13.1. The molecule has 0 bridgehead atoms. The van der Waals surface area contributed by atoms with E-state index in [2.05, 4.69) is 5.32 Å². The van der Waals surface area contributed by atoms with Crippen molar-refractivity contribution < 1.29 is 14.6 Å². The van der Waals surface area contributed by atoms with Crippen LogP contribution in [0.25, 0.3) is 0 Å². The average molecular weight is 350 g/mol. The van der Waals surface area contributed by atoms with Crippen molar-refractivity contribution in [3.05, 3.63) is 58.6 Å². The third-order valence-electron chi connectivity index (χ3n) is 3.51. The van der Waals surface area contributed by atoms with Gasteiger partial charge in [0.2, 0.25) is 0 Å². The van der Waals surface area contributed by atoms with Crippen molar-refractivity contribution in [3.63, 3.8) is 0 Å². The lowest BCUT2D eigenvalue weighted by atomic mass is 10.1. The second-order valence-electron chi connectivity index (χ2n) is 5.82. The third-order valence-corrected chi connectivity index (χ3v) is 3.73. The van der Waals surface area contributed by atoms with Crippen molar-refractivity contribution >= 4 is 11.6 Å². The molecule has 0 aliphatic rings. The van der Waals surface area contributed by atoms with Crippen molar-refractivity contribution in [2.75, 3.05) is 13.7 Å². The zero-order valence-electron chi connectivity index (χ0n) is 14.3. The van der Waals surface area contributed by atoms with Gasteiger partial charge in [0.25, 0.3) is 0 Å². The van der Waals surface area contributed by atoms with Gasteiger partial charge >= 0.3 is 0 Å². The van der Waals surface area contributed by atoms with E-state index < -0.39 is 6.10 Å². The fourth-order valence-electron chi connectivity index (χ4n) is 2.41. The molecule has 0 aliphatic heterocycles. The molecule has 130 valence electrons. The lowest BCUT2D eigenvalue weighted by molar-refractivity contribution is 0.173. The van der Waals surface area contributed by atoms with E-state index in [4.69, 9.17) is 21.1 Å². The second-order valence-corrected chi connectivity index (χ2v) is 6.26. The molecule has 0 heterocycles. The minimum absolute atomic E-state index is 0.0220. The fraction of sp³-hybridized carbons (Fsp3) is 0.368. The number of ether oxygens (including phenoxy) is 2. The van der Waals surface area contributed by atoms with Gasteiger partial charge in [-0.2, -0.15) is 0 Å². The van der Waals surface area contributed by atoms with Crippen LogP contribution in [0.3, 0.4) is 0 Å². The average Bonchev–Trinajstić information content (AvgIpc) is 2.57. The fourth-order valence-corrected chi connectivity index (χ4v) is 2.64. The molecule has 0 saturated heterocycles. The van der Waals surface area contributed by atoms with Crippen LogP contribution < -0.4 is 14.8 Å². The maximum absolute atomic E-state index is 10.2. The van der Waals surface area contributed by atoms with Gasteiger partial charge in [-0.1, -0.05) is 41.9 Å². The Balaban J connectivity index is 2.07. The minimum atomic E-state index is -0.568. The van der Waals surface area contributed by atoms with Crippen molar-refractivity contribution in [1.29, 1.82) is 0 Å². The van der Waals surface area contributed by atoms with Gasteiger partial charge in [0.1, 0.15) is 0 Å². The summed E-state index contributed by atoms with van der Waals surface area (Å²) in [5.74, 6) is 1.29. The zero-order chi connectivity index (χ0) is 17.5. The highest BCUT2D eigenvalue weighted by Gasteiger charge is 2.15. The molecule has 5 heteroatoms. The number of aliphatic hydroxyl groups is 1. The molecule has 1 atom stereocenters. The maximum atomic E-state index is 10.2. The monoisotopic (exact) mass is 349 g/mol. The van der Waals surface area contributed by atoms with Gasteiger partial charge in [0, 0.05) is 29.7 Å². The van der Waals surface area contributed by atoms with Crippen LogP contribution in [0, 0.1) is 0 Å². The Bertz CT molecular complexity index is 647. The first kappa shape index (κ1) is 18.6. The van der Waals surface area contributed by atoms with E-state index in [1.165, 1.54) is 0 Å². The van der Waals surface area contributed by atoms with Crippen LogP contribution in [-0.2, 0) is 6.54 Å². The number of halogens is 1. The Morgan fingerprint density at radius 2 is 1.88 bits per heavy atom. The molecule has 24 heavy (non-hydrogen) atoms. The number of hydrogen-bond acceptors (Lipinski definition) is 4. The number of nitrogens with one attached hydrogen (secondary N) is 1. The molecule has 2 N–H and O–H groups in total. The van der Waals surface area contributed by atoms with Crippen LogP contribution in [0.5, 0.6) is 11.5 Å². The van der Waals surface area contributed by atoms with Gasteiger partial charge in [-0.05, 0) is 25.5 Å². The van der Waals surface area contributed by atoms with Gasteiger partial charge < -0.3 is 19.9 Å². The van der Waals surface area contributed by atoms with E-state index in [1.807, 2.05) is 50.2 Å². The topological polar surface area (TPSA) is 50.7 Å². The van der Waals surface area contributed by atoms with Crippen LogP contribution in [0.4, 0.5) is 0 Å². The molecule has 2 aromatic rings. The molecule has 0 fully saturated rings. The maximum Gasteiger partial charge on any atom is 0.166 e. The van der Waals surface area contributed by atoms with E-state index in [9.17, 15) is 5.11 Å². The Kier molecular flexibility index (Phi) is 6.91. The number of aliphatic hydroxyl groups excluding tert-OH is 1. The molecule has 0 radical (unpaired) electrons. The normalized spacial score (nSPS) is 12.2. The van der Waals surface area contributed by atoms with Gasteiger partial charge in [0.15, 0.2) is 11.5 Å². The number of hydrogen-bond donors (Lipinski definition) is 2. The molecular formula is C19H24ClNO3. The third kappa shape index (κ3) is 5.13. The number of benzene rings is 2. The molecule has 1 unspecified atom stereocenters. The molecule has 0 spiro atoms. The van der Waals surface area contributed by atoms with E-state index in [0.29, 0.717) is 29.6 Å². The molecule has 0 saturated carbocycles. The molecule has 0 amide bonds. The Hall–Kier alpha value is -1.75. The summed E-state index contributed by atoms with van der Waals surface area (Å²) in [7, 11) is 1.59. The quantitative estimate of drug-likeness (QED) is 0.757. The molecule has 2 rings (SSSR count). The highest BCUT2D eigenvalue weighted by molar-refractivity contribution is 6.30. The highest BCUT2D eigenvalue weighted by atomic mass is 35.5. The largest absolute Gasteiger partial charge is 0.493 e. The van der Waals surface area contributed by atoms with E-state index in [0.717, 1.165) is 11.1 Å². The Morgan fingerprint density at radius 3 is 2.50 bits per heavy atom. The summed E-state index contributed by atoms with van der Waals surface area (Å²) in [4.78, 5) is 0. The smallest absolute Gasteiger partial charge is 0.166 e. The summed E-state index contributed by atoms with van der Waals surface area (Å²) in [5.41, 5.74) is 1.78. The van der Waals surface area contributed by atoms with Crippen molar-refractivity contribution in [2.45, 2.75) is 32.6 Å². The first-order valence-corrected chi connectivity index (χ1v) is 8.36. The molecule has 4 nitrogen and oxygen atoms in total. The van der Waals surface area contributed by atoms with Gasteiger partial charge in [-0.3, -0.25) is 0 Å². The second kappa shape index (κ2) is 8.92. The van der Waals surface area contributed by atoms with Crippen molar-refractivity contribution in [1.82, 2.24) is 5.32 Å². The van der Waals surface area contributed by atoms with Crippen LogP contribution in [0.1, 0.15) is 31.1 Å². The lowest BCUT2D eigenvalue weighted by Crippen LogP contribution is -2.22. The number of methoxy groups -OCH3 is 1. The van der Waals surface area contributed by atoms with Crippen LogP contribution >= 0.6 is 11.6 Å². The van der Waals surface area contributed by atoms with E-state index in [1.54, 1.807) is 13.2 Å². The van der Waals surface area contributed by atoms with Gasteiger partial charge in [-0.25, -0.2) is 0 Å². The van der Waals surface area contributed by atoms with Crippen LogP contribution in [0.2, 0.25) is 5.02 Å². The lowest BCUT2D eigenvalue weighted by Gasteiger charge is -2.19. The first-order valence-electron chi connectivity index (χ1n) is 7.98. The minimum Gasteiger partial charge on any atom is -0.493 e. The standard InChI is InChI=1S/C19H24ClNO3/c1-13(2)24-19-15(9-16(20)10-18(19)23-3)11-21-12-17(22)14-7-5-4-6-8-14/h4-10,13,17,21-22H,11-12H2,1-3H3. The Morgan fingerprint density at radius 1 is 1.17 bits per heavy atom. The van der Waals surface area contributed by atoms with E-state index in [-0.39, 0.29) is 6.10 Å². The molecule has 0 aromatic heterocycles. The van der Waals surface area contributed by atoms with Crippen LogP contribution in [0.15, 0.2) is 42.5 Å². The predicted molar refractivity (Wildman–Crippen MR) is 96.9 cm³/mol. The van der Waals surface area contributed by atoms with Gasteiger partial charge in [0.05, 0.1) is 19.3 Å². The highest BCUT2D eigenvalue weighted by Crippen LogP contribution is 2.35. The Labute approximate surface area is 148 Å².